The maximum atomic E-state index is 13.5. The van der Waals surface area contributed by atoms with Crippen LogP contribution in [0.25, 0.3) is 0 Å². The van der Waals surface area contributed by atoms with Crippen LogP contribution in [-0.4, -0.2) is 13.6 Å². The fourth-order valence-electron chi connectivity index (χ4n) is 1.77. The first-order chi connectivity index (χ1) is 8.40. The maximum absolute atomic E-state index is 13.5. The molecule has 0 aliphatic heterocycles. The summed E-state index contributed by atoms with van der Waals surface area (Å²) in [7, 11) is 1.34. The molecule has 1 rings (SSSR count). The fraction of sp³-hybridized carbons (Fsp3) is 0.500. The highest BCUT2D eigenvalue weighted by molar-refractivity contribution is 5.55. The summed E-state index contributed by atoms with van der Waals surface area (Å²) in [6.45, 7) is 0.516. The van der Waals surface area contributed by atoms with Crippen molar-refractivity contribution < 1.29 is 17.6 Å². The maximum Gasteiger partial charge on any atom is 0.421 e. The van der Waals surface area contributed by atoms with E-state index in [0.717, 1.165) is 18.9 Å². The molecule has 0 aromatic heterocycles. The van der Waals surface area contributed by atoms with Gasteiger partial charge in [-0.2, -0.15) is 13.2 Å². The van der Waals surface area contributed by atoms with Gasteiger partial charge in [-0.3, -0.25) is 0 Å². The van der Waals surface area contributed by atoms with Crippen molar-refractivity contribution in [3.8, 4) is 0 Å². The number of rotatable bonds is 5. The Morgan fingerprint density at radius 2 is 1.89 bits per heavy atom. The minimum atomic E-state index is -4.70. The number of benzene rings is 1. The molecule has 0 radical (unpaired) electrons. The lowest BCUT2D eigenvalue weighted by atomic mass is 10.0. The SMILES string of the molecule is CNc1cc(CCCCN)cc(F)c1C(F)(F)F. The summed E-state index contributed by atoms with van der Waals surface area (Å²) in [5.41, 5.74) is 4.39. The number of nitrogens with two attached hydrogens (primary N) is 1. The van der Waals surface area contributed by atoms with Crippen LogP contribution < -0.4 is 11.1 Å². The Balaban J connectivity index is 3.03. The van der Waals surface area contributed by atoms with Crippen molar-refractivity contribution in [2.45, 2.75) is 25.4 Å². The highest BCUT2D eigenvalue weighted by atomic mass is 19.4. The van der Waals surface area contributed by atoms with Gasteiger partial charge in [0, 0.05) is 12.7 Å². The zero-order valence-electron chi connectivity index (χ0n) is 10.1. The molecule has 0 aliphatic carbocycles. The minimum Gasteiger partial charge on any atom is -0.388 e. The Morgan fingerprint density at radius 3 is 2.39 bits per heavy atom. The van der Waals surface area contributed by atoms with Gasteiger partial charge in [0.05, 0.1) is 0 Å². The van der Waals surface area contributed by atoms with Crippen molar-refractivity contribution in [1.82, 2.24) is 0 Å². The van der Waals surface area contributed by atoms with Gasteiger partial charge in [-0.15, -0.1) is 0 Å². The monoisotopic (exact) mass is 264 g/mol. The van der Waals surface area contributed by atoms with Gasteiger partial charge >= 0.3 is 6.18 Å². The zero-order valence-corrected chi connectivity index (χ0v) is 10.1. The van der Waals surface area contributed by atoms with Crippen molar-refractivity contribution in [2.24, 2.45) is 5.73 Å². The quantitative estimate of drug-likeness (QED) is 0.633. The second kappa shape index (κ2) is 6.04. The molecular formula is C12H16F4N2. The van der Waals surface area contributed by atoms with Crippen LogP contribution in [0.1, 0.15) is 24.0 Å². The Morgan fingerprint density at radius 1 is 1.22 bits per heavy atom. The van der Waals surface area contributed by atoms with E-state index in [0.29, 0.717) is 18.5 Å². The summed E-state index contributed by atoms with van der Waals surface area (Å²) in [6, 6.07) is 2.28. The second-order valence-corrected chi connectivity index (χ2v) is 3.99. The van der Waals surface area contributed by atoms with Crippen LogP contribution in [-0.2, 0) is 12.6 Å². The summed E-state index contributed by atoms with van der Waals surface area (Å²) in [6.07, 6.45) is -2.69. The lowest BCUT2D eigenvalue weighted by molar-refractivity contribution is -0.139. The van der Waals surface area contributed by atoms with E-state index in [1.807, 2.05) is 0 Å². The minimum absolute atomic E-state index is 0.231. The molecule has 102 valence electrons. The van der Waals surface area contributed by atoms with Crippen LogP contribution in [0.2, 0.25) is 0 Å². The van der Waals surface area contributed by atoms with E-state index in [4.69, 9.17) is 5.73 Å². The molecule has 0 fully saturated rings. The number of hydrogen-bond donors (Lipinski definition) is 2. The van der Waals surface area contributed by atoms with Gasteiger partial charge in [0.1, 0.15) is 11.4 Å². The van der Waals surface area contributed by atoms with Gasteiger partial charge in [-0.1, -0.05) is 0 Å². The highest BCUT2D eigenvalue weighted by Gasteiger charge is 2.37. The number of nitrogens with one attached hydrogen (secondary N) is 1. The van der Waals surface area contributed by atoms with Gasteiger partial charge < -0.3 is 11.1 Å². The highest BCUT2D eigenvalue weighted by Crippen LogP contribution is 2.37. The van der Waals surface area contributed by atoms with Crippen LogP contribution in [0.3, 0.4) is 0 Å². The molecule has 1 aromatic rings. The average molecular weight is 264 g/mol. The van der Waals surface area contributed by atoms with Crippen molar-refractivity contribution in [1.29, 1.82) is 0 Å². The zero-order chi connectivity index (χ0) is 13.8. The van der Waals surface area contributed by atoms with Gasteiger partial charge in [0.25, 0.3) is 0 Å². The molecule has 18 heavy (non-hydrogen) atoms. The number of aryl methyl sites for hydroxylation is 1. The smallest absolute Gasteiger partial charge is 0.388 e. The van der Waals surface area contributed by atoms with Crippen LogP contribution >= 0.6 is 0 Å². The normalized spacial score (nSPS) is 11.7. The average Bonchev–Trinajstić information content (AvgIpc) is 2.26. The number of anilines is 1. The van der Waals surface area contributed by atoms with Crippen LogP contribution in [0, 0.1) is 5.82 Å². The third kappa shape index (κ3) is 3.60. The first kappa shape index (κ1) is 14.8. The standard InChI is InChI=1S/C12H16F4N2/c1-18-10-7-8(4-2-3-5-17)6-9(13)11(10)12(14,15)16/h6-7,18H,2-5,17H2,1H3. The van der Waals surface area contributed by atoms with Crippen LogP contribution in [0.4, 0.5) is 23.2 Å². The van der Waals surface area contributed by atoms with Gasteiger partial charge in [0.2, 0.25) is 0 Å². The predicted molar refractivity (Wildman–Crippen MR) is 62.9 cm³/mol. The van der Waals surface area contributed by atoms with E-state index in [2.05, 4.69) is 5.32 Å². The Hall–Kier alpha value is -1.30. The number of alkyl halides is 3. The predicted octanol–water partition coefficient (Wildman–Crippen LogP) is 3.17. The Kier molecular flexibility index (Phi) is 4.95. The van der Waals surface area contributed by atoms with E-state index < -0.39 is 17.6 Å². The molecule has 0 saturated carbocycles. The Bertz CT molecular complexity index is 402. The third-order valence-electron chi connectivity index (χ3n) is 2.62. The van der Waals surface area contributed by atoms with Gasteiger partial charge in [0.15, 0.2) is 0 Å². The summed E-state index contributed by atoms with van der Waals surface area (Å²) in [5, 5.41) is 2.39. The molecule has 6 heteroatoms. The molecule has 0 spiro atoms. The molecule has 0 amide bonds. The molecule has 2 nitrogen and oxygen atoms in total. The van der Waals surface area contributed by atoms with Gasteiger partial charge in [-0.25, -0.2) is 4.39 Å². The summed E-state index contributed by atoms with van der Waals surface area (Å²) in [5.74, 6) is -1.24. The van der Waals surface area contributed by atoms with E-state index in [-0.39, 0.29) is 5.69 Å². The number of hydrogen-bond acceptors (Lipinski definition) is 2. The summed E-state index contributed by atoms with van der Waals surface area (Å²) >= 11 is 0. The van der Waals surface area contributed by atoms with E-state index in [1.54, 1.807) is 0 Å². The topological polar surface area (TPSA) is 38.0 Å². The van der Waals surface area contributed by atoms with Crippen molar-refractivity contribution >= 4 is 5.69 Å². The third-order valence-corrected chi connectivity index (χ3v) is 2.62. The first-order valence-electron chi connectivity index (χ1n) is 5.67. The number of halogens is 4. The molecular weight excluding hydrogens is 248 g/mol. The molecule has 0 unspecified atom stereocenters. The van der Waals surface area contributed by atoms with E-state index in [1.165, 1.54) is 13.1 Å². The molecule has 0 bridgehead atoms. The lowest BCUT2D eigenvalue weighted by Crippen LogP contribution is -2.12. The Labute approximate surface area is 103 Å². The molecule has 1 aromatic carbocycles. The second-order valence-electron chi connectivity index (χ2n) is 3.99. The number of unbranched alkanes of at least 4 members (excludes halogenated alkanes) is 1. The van der Waals surface area contributed by atoms with Crippen LogP contribution in [0.5, 0.6) is 0 Å². The molecule has 0 heterocycles. The lowest BCUT2D eigenvalue weighted by Gasteiger charge is -2.15. The summed E-state index contributed by atoms with van der Waals surface area (Å²) in [4.78, 5) is 0. The van der Waals surface area contributed by atoms with Crippen molar-refractivity contribution in [3.63, 3.8) is 0 Å². The van der Waals surface area contributed by atoms with Crippen molar-refractivity contribution in [2.75, 3.05) is 18.9 Å². The van der Waals surface area contributed by atoms with Gasteiger partial charge in [-0.05, 0) is 43.5 Å². The largest absolute Gasteiger partial charge is 0.421 e. The molecule has 0 atom stereocenters. The molecule has 3 N–H and O–H groups in total. The first-order valence-corrected chi connectivity index (χ1v) is 5.67. The fourth-order valence-corrected chi connectivity index (χ4v) is 1.77. The van der Waals surface area contributed by atoms with Crippen LogP contribution in [0.15, 0.2) is 12.1 Å². The van der Waals surface area contributed by atoms with Crippen molar-refractivity contribution in [3.05, 3.63) is 29.1 Å². The molecule has 0 aliphatic rings. The van der Waals surface area contributed by atoms with E-state index in [9.17, 15) is 17.6 Å². The summed E-state index contributed by atoms with van der Waals surface area (Å²) < 4.78 is 51.4. The van der Waals surface area contributed by atoms with E-state index >= 15 is 0 Å². The molecule has 0 saturated heterocycles.